The van der Waals surface area contributed by atoms with Crippen molar-refractivity contribution < 1.29 is 23.8 Å². The van der Waals surface area contributed by atoms with Gasteiger partial charge in [-0.2, -0.15) is 0 Å². The van der Waals surface area contributed by atoms with Crippen molar-refractivity contribution in [2.24, 2.45) is 0 Å². The van der Waals surface area contributed by atoms with Crippen LogP contribution in [0.4, 0.5) is 4.39 Å². The van der Waals surface area contributed by atoms with Gasteiger partial charge in [-0.15, -0.1) is 0 Å². The van der Waals surface area contributed by atoms with Crippen LogP contribution in [0.2, 0.25) is 0 Å². The van der Waals surface area contributed by atoms with Crippen LogP contribution in [0.15, 0.2) is 30.3 Å². The van der Waals surface area contributed by atoms with Crippen molar-refractivity contribution in [2.45, 2.75) is 24.8 Å². The van der Waals surface area contributed by atoms with Gasteiger partial charge in [-0.3, -0.25) is 0 Å². The lowest BCUT2D eigenvalue weighted by atomic mass is 10.0. The average molecular weight is 254 g/mol. The molecule has 1 aromatic carbocycles. The summed E-state index contributed by atoms with van der Waals surface area (Å²) in [7, 11) is 0. The zero-order valence-electron chi connectivity index (χ0n) is 10.0. The van der Waals surface area contributed by atoms with E-state index >= 15 is 0 Å². The van der Waals surface area contributed by atoms with E-state index in [1.54, 1.807) is 30.3 Å². The van der Waals surface area contributed by atoms with E-state index in [0.717, 1.165) is 0 Å². The molecule has 1 heterocycles. The third-order valence-electron chi connectivity index (χ3n) is 2.90. The molecule has 1 aromatic rings. The Morgan fingerprint density at radius 2 is 2.22 bits per heavy atom. The minimum atomic E-state index is -1.55. The first-order chi connectivity index (χ1) is 8.50. The van der Waals surface area contributed by atoms with Gasteiger partial charge in [-0.05, 0) is 19.1 Å². The molecular formula is C13H15FO4. The molecule has 0 amide bonds. The SMILES string of the molecule is CC1(O)COC(COC(=O)c2ccccc2)C1F. The summed E-state index contributed by atoms with van der Waals surface area (Å²) in [6.45, 7) is 1.06. The second kappa shape index (κ2) is 5.04. The van der Waals surface area contributed by atoms with Gasteiger partial charge in [0.1, 0.15) is 18.3 Å². The molecule has 0 bridgehead atoms. The van der Waals surface area contributed by atoms with Gasteiger partial charge in [0.15, 0.2) is 6.17 Å². The summed E-state index contributed by atoms with van der Waals surface area (Å²) in [4.78, 5) is 11.6. The minimum Gasteiger partial charge on any atom is -0.459 e. The predicted octanol–water partition coefficient (Wildman–Crippen LogP) is 1.33. The van der Waals surface area contributed by atoms with Crippen LogP contribution in [0.25, 0.3) is 0 Å². The molecule has 1 aliphatic heterocycles. The molecular weight excluding hydrogens is 239 g/mol. The van der Waals surface area contributed by atoms with E-state index in [-0.39, 0.29) is 13.2 Å². The van der Waals surface area contributed by atoms with Crippen molar-refractivity contribution in [3.63, 3.8) is 0 Å². The minimum absolute atomic E-state index is 0.0955. The number of alkyl halides is 1. The molecule has 1 saturated heterocycles. The Morgan fingerprint density at radius 1 is 1.56 bits per heavy atom. The number of ether oxygens (including phenoxy) is 2. The molecule has 3 unspecified atom stereocenters. The fourth-order valence-corrected chi connectivity index (χ4v) is 1.79. The van der Waals surface area contributed by atoms with E-state index in [1.807, 2.05) is 0 Å². The van der Waals surface area contributed by atoms with Crippen molar-refractivity contribution in [3.8, 4) is 0 Å². The van der Waals surface area contributed by atoms with Crippen molar-refractivity contribution in [2.75, 3.05) is 13.2 Å². The van der Waals surface area contributed by atoms with Gasteiger partial charge >= 0.3 is 5.97 Å². The van der Waals surface area contributed by atoms with E-state index in [9.17, 15) is 14.3 Å². The monoisotopic (exact) mass is 254 g/mol. The Labute approximate surface area is 104 Å². The number of aliphatic hydroxyl groups is 1. The molecule has 0 aliphatic carbocycles. The standard InChI is InChI=1S/C13H15FO4/c1-13(16)8-18-10(11(13)14)7-17-12(15)9-5-3-2-4-6-9/h2-6,10-11,16H,7-8H2,1H3. The van der Waals surface area contributed by atoms with Crippen LogP contribution in [0.1, 0.15) is 17.3 Å². The molecule has 0 saturated carbocycles. The van der Waals surface area contributed by atoms with Crippen molar-refractivity contribution >= 4 is 5.97 Å². The van der Waals surface area contributed by atoms with Crippen molar-refractivity contribution in [1.82, 2.24) is 0 Å². The summed E-state index contributed by atoms with van der Waals surface area (Å²) >= 11 is 0. The largest absolute Gasteiger partial charge is 0.459 e. The number of hydrogen-bond donors (Lipinski definition) is 1. The van der Waals surface area contributed by atoms with E-state index < -0.39 is 23.8 Å². The normalized spacial score (nSPS) is 31.3. The highest BCUT2D eigenvalue weighted by atomic mass is 19.1. The van der Waals surface area contributed by atoms with Crippen LogP contribution in [0.3, 0.4) is 0 Å². The molecule has 0 spiro atoms. The maximum atomic E-state index is 13.7. The molecule has 18 heavy (non-hydrogen) atoms. The second-order valence-corrected chi connectivity index (χ2v) is 4.57. The maximum absolute atomic E-state index is 13.7. The summed E-state index contributed by atoms with van der Waals surface area (Å²) in [5.74, 6) is -0.530. The van der Waals surface area contributed by atoms with Gasteiger partial charge in [0.25, 0.3) is 0 Å². The lowest BCUT2D eigenvalue weighted by Gasteiger charge is -2.19. The smallest absolute Gasteiger partial charge is 0.338 e. The summed E-state index contributed by atoms with van der Waals surface area (Å²) in [6.07, 6.45) is -2.46. The van der Waals surface area contributed by atoms with Gasteiger partial charge < -0.3 is 14.6 Å². The molecule has 98 valence electrons. The Morgan fingerprint density at radius 3 is 2.78 bits per heavy atom. The number of hydrogen-bond acceptors (Lipinski definition) is 4. The van der Waals surface area contributed by atoms with Crippen molar-refractivity contribution in [3.05, 3.63) is 35.9 Å². The van der Waals surface area contributed by atoms with Crippen LogP contribution in [0, 0.1) is 0 Å². The highest BCUT2D eigenvalue weighted by Crippen LogP contribution is 2.27. The molecule has 4 nitrogen and oxygen atoms in total. The van der Waals surface area contributed by atoms with E-state index in [2.05, 4.69) is 0 Å². The highest BCUT2D eigenvalue weighted by molar-refractivity contribution is 5.89. The number of esters is 1. The van der Waals surface area contributed by atoms with Crippen LogP contribution in [0.5, 0.6) is 0 Å². The van der Waals surface area contributed by atoms with Crippen LogP contribution in [-0.2, 0) is 9.47 Å². The van der Waals surface area contributed by atoms with Crippen LogP contribution in [-0.4, -0.2) is 42.2 Å². The second-order valence-electron chi connectivity index (χ2n) is 4.57. The third kappa shape index (κ3) is 2.68. The fraction of sp³-hybridized carbons (Fsp3) is 0.462. The van der Waals surface area contributed by atoms with Gasteiger partial charge in [0.2, 0.25) is 0 Å². The van der Waals surface area contributed by atoms with E-state index in [4.69, 9.17) is 9.47 Å². The first-order valence-corrected chi connectivity index (χ1v) is 5.71. The molecule has 1 fully saturated rings. The first-order valence-electron chi connectivity index (χ1n) is 5.71. The lowest BCUT2D eigenvalue weighted by molar-refractivity contribution is -0.00427. The maximum Gasteiger partial charge on any atom is 0.338 e. The summed E-state index contributed by atoms with van der Waals surface area (Å²) in [6, 6.07) is 8.43. The Hall–Kier alpha value is -1.46. The third-order valence-corrected chi connectivity index (χ3v) is 2.90. The Kier molecular flexibility index (Phi) is 3.63. The zero-order valence-corrected chi connectivity index (χ0v) is 10.0. The number of halogens is 1. The molecule has 0 aromatic heterocycles. The van der Waals surface area contributed by atoms with Gasteiger partial charge in [0.05, 0.1) is 12.2 Å². The predicted molar refractivity (Wildman–Crippen MR) is 62.0 cm³/mol. The molecule has 5 heteroatoms. The number of benzene rings is 1. The average Bonchev–Trinajstić information content (AvgIpc) is 2.63. The van der Waals surface area contributed by atoms with Gasteiger partial charge in [-0.25, -0.2) is 9.18 Å². The van der Waals surface area contributed by atoms with Gasteiger partial charge in [-0.1, -0.05) is 18.2 Å². The number of carbonyl (C=O) groups is 1. The van der Waals surface area contributed by atoms with Crippen LogP contribution >= 0.6 is 0 Å². The van der Waals surface area contributed by atoms with E-state index in [1.165, 1.54) is 6.92 Å². The zero-order chi connectivity index (χ0) is 13.2. The van der Waals surface area contributed by atoms with E-state index in [0.29, 0.717) is 5.56 Å². The topological polar surface area (TPSA) is 55.8 Å². The first kappa shape index (κ1) is 13.0. The summed E-state index contributed by atoms with van der Waals surface area (Å²) < 4.78 is 23.7. The summed E-state index contributed by atoms with van der Waals surface area (Å²) in [5, 5.41) is 9.58. The fourth-order valence-electron chi connectivity index (χ4n) is 1.79. The quantitative estimate of drug-likeness (QED) is 0.827. The molecule has 1 aliphatic rings. The highest BCUT2D eigenvalue weighted by Gasteiger charge is 2.46. The molecule has 1 N–H and O–H groups in total. The Bertz CT molecular complexity index is 418. The molecule has 0 radical (unpaired) electrons. The molecule has 3 atom stereocenters. The van der Waals surface area contributed by atoms with Crippen molar-refractivity contribution in [1.29, 1.82) is 0 Å². The number of carbonyl (C=O) groups excluding carboxylic acids is 1. The van der Waals surface area contributed by atoms with Gasteiger partial charge in [0, 0.05) is 0 Å². The molecule has 2 rings (SSSR count). The van der Waals surface area contributed by atoms with Crippen LogP contribution < -0.4 is 0 Å². The lowest BCUT2D eigenvalue weighted by Crippen LogP contribution is -2.39. The number of rotatable bonds is 3. The Balaban J connectivity index is 1.88. The summed E-state index contributed by atoms with van der Waals surface area (Å²) in [5.41, 5.74) is -1.11.